The van der Waals surface area contributed by atoms with Crippen molar-refractivity contribution in [2.24, 2.45) is 7.05 Å². The first kappa shape index (κ1) is 17.1. The van der Waals surface area contributed by atoms with Crippen LogP contribution in [0.5, 0.6) is 5.75 Å². The number of amides is 2. The van der Waals surface area contributed by atoms with E-state index in [-0.39, 0.29) is 6.03 Å². The average Bonchev–Trinajstić information content (AvgIpc) is 3.27. The number of aryl methyl sites for hydroxylation is 1. The number of nitrogens with one attached hydrogen (secondary N) is 1. The zero-order chi connectivity index (χ0) is 17.6. The molecule has 0 saturated heterocycles. The number of benzene rings is 1. The molecule has 0 spiro atoms. The van der Waals surface area contributed by atoms with Gasteiger partial charge in [-0.25, -0.2) is 4.79 Å². The third-order valence-corrected chi connectivity index (χ3v) is 4.83. The number of carbonyl (C=O) groups excluding carboxylic acids is 1. The fourth-order valence-corrected chi connectivity index (χ4v) is 3.31. The zero-order valence-electron chi connectivity index (χ0n) is 14.3. The first-order valence-electron chi connectivity index (χ1n) is 7.99. The second-order valence-corrected chi connectivity index (χ2v) is 6.71. The molecule has 0 bridgehead atoms. The summed E-state index contributed by atoms with van der Waals surface area (Å²) in [6.07, 6.45) is 1.98. The van der Waals surface area contributed by atoms with E-state index >= 15 is 0 Å². The number of para-hydroxylation sites is 2. The smallest absolute Gasteiger partial charge is 0.322 e. The van der Waals surface area contributed by atoms with Gasteiger partial charge in [0.05, 0.1) is 25.9 Å². The first-order valence-corrected chi connectivity index (χ1v) is 8.87. The molecule has 1 aromatic carbocycles. The van der Waals surface area contributed by atoms with Gasteiger partial charge in [0, 0.05) is 23.8 Å². The Balaban J connectivity index is 1.80. The second kappa shape index (κ2) is 7.90. The third kappa shape index (κ3) is 4.22. The summed E-state index contributed by atoms with van der Waals surface area (Å²) in [5.41, 5.74) is 1.74. The van der Waals surface area contributed by atoms with Gasteiger partial charge in [0.25, 0.3) is 0 Å². The lowest BCUT2D eigenvalue weighted by Crippen LogP contribution is -2.34. The molecule has 0 fully saturated rings. The van der Waals surface area contributed by atoms with E-state index < -0.39 is 0 Å². The van der Waals surface area contributed by atoms with Gasteiger partial charge < -0.3 is 19.5 Å². The standard InChI is InChI=1S/C19H21N3O2S/c1-21-11-5-7-15(21)13-22(14-16-8-6-12-25-16)19(23)20-17-9-3-4-10-18(17)24-2/h3-12H,13-14H2,1-2H3,(H,20,23). The summed E-state index contributed by atoms with van der Waals surface area (Å²) in [6, 6.07) is 15.3. The minimum absolute atomic E-state index is 0.154. The Bertz CT molecular complexity index is 827. The van der Waals surface area contributed by atoms with E-state index in [1.54, 1.807) is 23.3 Å². The summed E-state index contributed by atoms with van der Waals surface area (Å²) < 4.78 is 7.35. The SMILES string of the molecule is COc1ccccc1NC(=O)N(Cc1cccs1)Cc1cccn1C. The van der Waals surface area contributed by atoms with Gasteiger partial charge in [-0.2, -0.15) is 0 Å². The van der Waals surface area contributed by atoms with Gasteiger partial charge in [0.2, 0.25) is 0 Å². The number of anilines is 1. The molecule has 0 unspecified atom stereocenters. The molecule has 1 N–H and O–H groups in total. The predicted octanol–water partition coefficient (Wildman–Crippen LogP) is 4.33. The number of aromatic nitrogens is 1. The molecule has 130 valence electrons. The van der Waals surface area contributed by atoms with Crippen LogP contribution in [0.15, 0.2) is 60.1 Å². The van der Waals surface area contributed by atoms with Crippen molar-refractivity contribution in [3.63, 3.8) is 0 Å². The van der Waals surface area contributed by atoms with Crippen LogP contribution in [0.1, 0.15) is 10.6 Å². The Morgan fingerprint density at radius 2 is 2.00 bits per heavy atom. The zero-order valence-corrected chi connectivity index (χ0v) is 15.1. The molecule has 0 aliphatic carbocycles. The number of rotatable bonds is 6. The topological polar surface area (TPSA) is 46.5 Å². The molecule has 0 aliphatic heterocycles. The van der Waals surface area contributed by atoms with E-state index in [2.05, 4.69) is 5.32 Å². The van der Waals surface area contributed by atoms with Gasteiger partial charge >= 0.3 is 6.03 Å². The quantitative estimate of drug-likeness (QED) is 0.715. The predicted molar refractivity (Wildman–Crippen MR) is 101 cm³/mol. The highest BCUT2D eigenvalue weighted by Crippen LogP contribution is 2.24. The molecular weight excluding hydrogens is 334 g/mol. The van der Waals surface area contributed by atoms with Crippen LogP contribution in [0.3, 0.4) is 0 Å². The summed E-state index contributed by atoms with van der Waals surface area (Å²) in [5.74, 6) is 0.644. The molecule has 3 aromatic rings. The molecule has 2 heterocycles. The van der Waals surface area contributed by atoms with Crippen molar-refractivity contribution in [3.05, 3.63) is 70.7 Å². The molecule has 5 nitrogen and oxygen atoms in total. The monoisotopic (exact) mass is 355 g/mol. The van der Waals surface area contributed by atoms with Gasteiger partial charge in [-0.3, -0.25) is 0 Å². The molecule has 3 rings (SSSR count). The molecule has 2 amide bonds. The van der Waals surface area contributed by atoms with E-state index in [1.807, 2.05) is 71.7 Å². The van der Waals surface area contributed by atoms with Crippen molar-refractivity contribution in [3.8, 4) is 5.75 Å². The Morgan fingerprint density at radius 3 is 2.68 bits per heavy atom. The van der Waals surface area contributed by atoms with E-state index in [4.69, 9.17) is 4.74 Å². The van der Waals surface area contributed by atoms with Gasteiger partial charge in [0.15, 0.2) is 0 Å². The fraction of sp³-hybridized carbons (Fsp3) is 0.211. The van der Waals surface area contributed by atoms with Crippen LogP contribution in [0.2, 0.25) is 0 Å². The summed E-state index contributed by atoms with van der Waals surface area (Å²) in [6.45, 7) is 1.09. The van der Waals surface area contributed by atoms with Gasteiger partial charge in [-0.15, -0.1) is 11.3 Å². The van der Waals surface area contributed by atoms with Crippen molar-refractivity contribution in [1.29, 1.82) is 0 Å². The van der Waals surface area contributed by atoms with Crippen molar-refractivity contribution >= 4 is 23.1 Å². The molecule has 0 atom stereocenters. The fourth-order valence-electron chi connectivity index (χ4n) is 2.59. The van der Waals surface area contributed by atoms with Gasteiger partial charge in [0.1, 0.15) is 5.75 Å². The Kier molecular flexibility index (Phi) is 5.40. The van der Waals surface area contributed by atoms with Gasteiger partial charge in [-0.1, -0.05) is 18.2 Å². The summed E-state index contributed by atoms with van der Waals surface area (Å²) in [5, 5.41) is 4.99. The highest BCUT2D eigenvalue weighted by Gasteiger charge is 2.18. The third-order valence-electron chi connectivity index (χ3n) is 3.97. The minimum atomic E-state index is -0.154. The second-order valence-electron chi connectivity index (χ2n) is 5.68. The Labute approximate surface area is 151 Å². The van der Waals surface area contributed by atoms with Crippen LogP contribution in [0.25, 0.3) is 0 Å². The average molecular weight is 355 g/mol. The summed E-state index contributed by atoms with van der Waals surface area (Å²) in [4.78, 5) is 15.8. The number of urea groups is 1. The molecule has 2 aromatic heterocycles. The van der Waals surface area contributed by atoms with Crippen LogP contribution in [-0.2, 0) is 20.1 Å². The number of carbonyl (C=O) groups is 1. The van der Waals surface area contributed by atoms with Crippen LogP contribution < -0.4 is 10.1 Å². The molecule has 6 heteroatoms. The molecule has 0 saturated carbocycles. The van der Waals surface area contributed by atoms with Crippen LogP contribution in [-0.4, -0.2) is 22.6 Å². The maximum Gasteiger partial charge on any atom is 0.322 e. The normalized spacial score (nSPS) is 10.5. The lowest BCUT2D eigenvalue weighted by Gasteiger charge is -2.23. The molecule has 0 aliphatic rings. The summed E-state index contributed by atoms with van der Waals surface area (Å²) in [7, 11) is 3.58. The summed E-state index contributed by atoms with van der Waals surface area (Å²) >= 11 is 1.65. The highest BCUT2D eigenvalue weighted by atomic mass is 32.1. The number of hydrogen-bond donors (Lipinski definition) is 1. The van der Waals surface area contributed by atoms with Crippen LogP contribution in [0.4, 0.5) is 10.5 Å². The van der Waals surface area contributed by atoms with Crippen molar-refractivity contribution < 1.29 is 9.53 Å². The number of ether oxygens (including phenoxy) is 1. The number of nitrogens with zero attached hydrogens (tertiary/aromatic N) is 2. The maximum absolute atomic E-state index is 12.9. The number of hydrogen-bond acceptors (Lipinski definition) is 3. The largest absolute Gasteiger partial charge is 0.495 e. The van der Waals surface area contributed by atoms with Gasteiger partial charge in [-0.05, 0) is 35.7 Å². The Morgan fingerprint density at radius 1 is 1.16 bits per heavy atom. The first-order chi connectivity index (χ1) is 12.2. The van der Waals surface area contributed by atoms with Crippen molar-refractivity contribution in [2.75, 3.05) is 12.4 Å². The van der Waals surface area contributed by atoms with E-state index in [1.165, 1.54) is 0 Å². The number of thiophene rings is 1. The van der Waals surface area contributed by atoms with Crippen LogP contribution in [0, 0.1) is 0 Å². The maximum atomic E-state index is 12.9. The van der Waals surface area contributed by atoms with E-state index in [0.717, 1.165) is 10.6 Å². The van der Waals surface area contributed by atoms with Crippen molar-refractivity contribution in [2.45, 2.75) is 13.1 Å². The molecule has 0 radical (unpaired) electrons. The van der Waals surface area contributed by atoms with Crippen molar-refractivity contribution in [1.82, 2.24) is 9.47 Å². The molecular formula is C19H21N3O2S. The lowest BCUT2D eigenvalue weighted by atomic mass is 10.3. The van der Waals surface area contributed by atoms with E-state index in [9.17, 15) is 4.79 Å². The van der Waals surface area contributed by atoms with Crippen LogP contribution >= 0.6 is 11.3 Å². The lowest BCUT2D eigenvalue weighted by molar-refractivity contribution is 0.205. The molecule has 25 heavy (non-hydrogen) atoms. The highest BCUT2D eigenvalue weighted by molar-refractivity contribution is 7.09. The number of methoxy groups -OCH3 is 1. The van der Waals surface area contributed by atoms with E-state index in [0.29, 0.717) is 24.5 Å². The Hall–Kier alpha value is -2.73. The minimum Gasteiger partial charge on any atom is -0.495 e.